The molecule has 19 heavy (non-hydrogen) atoms. The molecule has 1 rings (SSSR count). The Morgan fingerprint density at radius 1 is 1.16 bits per heavy atom. The van der Waals surface area contributed by atoms with Crippen molar-refractivity contribution in [3.8, 4) is 5.75 Å². The predicted molar refractivity (Wildman–Crippen MR) is 80.1 cm³/mol. The van der Waals surface area contributed by atoms with Crippen LogP contribution in [0.3, 0.4) is 0 Å². The summed E-state index contributed by atoms with van der Waals surface area (Å²) in [5.74, 6) is 1.53. The third-order valence-electron chi connectivity index (χ3n) is 3.04. The van der Waals surface area contributed by atoms with E-state index in [1.807, 2.05) is 6.92 Å². The van der Waals surface area contributed by atoms with Crippen LogP contribution in [0, 0.1) is 6.92 Å². The molecule has 3 heteroatoms. The molecule has 0 spiro atoms. The first-order chi connectivity index (χ1) is 9.15. The molecule has 0 amide bonds. The van der Waals surface area contributed by atoms with Crippen molar-refractivity contribution in [3.05, 3.63) is 29.3 Å². The van der Waals surface area contributed by atoms with Crippen LogP contribution in [-0.2, 0) is 4.74 Å². The number of benzene rings is 1. The minimum Gasteiger partial charge on any atom is -0.492 e. The van der Waals surface area contributed by atoms with Gasteiger partial charge in [0, 0.05) is 19.7 Å². The molecule has 0 aliphatic carbocycles. The smallest absolute Gasteiger partial charge is 0.122 e. The SMILES string of the molecule is CCOCCNCCOc1cc(C(C)C)ccc1C. The monoisotopic (exact) mass is 265 g/mol. The van der Waals surface area contributed by atoms with Crippen molar-refractivity contribution in [1.29, 1.82) is 0 Å². The normalized spacial score (nSPS) is 11.0. The van der Waals surface area contributed by atoms with E-state index in [0.717, 1.165) is 32.1 Å². The maximum atomic E-state index is 5.83. The van der Waals surface area contributed by atoms with Crippen LogP contribution in [0.4, 0.5) is 0 Å². The number of hydrogen-bond donors (Lipinski definition) is 1. The van der Waals surface area contributed by atoms with Gasteiger partial charge in [0.15, 0.2) is 0 Å². The first-order valence-corrected chi connectivity index (χ1v) is 7.17. The zero-order valence-corrected chi connectivity index (χ0v) is 12.7. The highest BCUT2D eigenvalue weighted by molar-refractivity contribution is 5.37. The average molecular weight is 265 g/mol. The van der Waals surface area contributed by atoms with E-state index in [0.29, 0.717) is 12.5 Å². The molecule has 1 N–H and O–H groups in total. The van der Waals surface area contributed by atoms with Crippen LogP contribution in [0.15, 0.2) is 18.2 Å². The molecule has 0 saturated carbocycles. The van der Waals surface area contributed by atoms with E-state index in [1.54, 1.807) is 0 Å². The van der Waals surface area contributed by atoms with Crippen LogP contribution in [0.25, 0.3) is 0 Å². The minimum atomic E-state index is 0.535. The number of ether oxygens (including phenoxy) is 2. The van der Waals surface area contributed by atoms with Gasteiger partial charge < -0.3 is 14.8 Å². The van der Waals surface area contributed by atoms with Crippen LogP contribution in [0.1, 0.15) is 37.8 Å². The maximum Gasteiger partial charge on any atom is 0.122 e. The van der Waals surface area contributed by atoms with E-state index in [9.17, 15) is 0 Å². The van der Waals surface area contributed by atoms with Gasteiger partial charge >= 0.3 is 0 Å². The Morgan fingerprint density at radius 2 is 1.89 bits per heavy atom. The van der Waals surface area contributed by atoms with Gasteiger partial charge in [-0.15, -0.1) is 0 Å². The first kappa shape index (κ1) is 16.0. The third-order valence-corrected chi connectivity index (χ3v) is 3.04. The fourth-order valence-corrected chi connectivity index (χ4v) is 1.78. The van der Waals surface area contributed by atoms with E-state index in [-0.39, 0.29) is 0 Å². The fourth-order valence-electron chi connectivity index (χ4n) is 1.78. The lowest BCUT2D eigenvalue weighted by Crippen LogP contribution is -2.25. The van der Waals surface area contributed by atoms with Gasteiger partial charge in [0.2, 0.25) is 0 Å². The van der Waals surface area contributed by atoms with E-state index >= 15 is 0 Å². The van der Waals surface area contributed by atoms with Crippen molar-refractivity contribution in [2.75, 3.05) is 32.9 Å². The molecule has 3 nitrogen and oxygen atoms in total. The highest BCUT2D eigenvalue weighted by atomic mass is 16.5. The van der Waals surface area contributed by atoms with Gasteiger partial charge in [-0.25, -0.2) is 0 Å². The topological polar surface area (TPSA) is 30.5 Å². The Balaban J connectivity index is 2.30. The molecule has 0 fully saturated rings. The van der Waals surface area contributed by atoms with E-state index < -0.39 is 0 Å². The molecule has 0 heterocycles. The molecule has 1 aromatic carbocycles. The lowest BCUT2D eigenvalue weighted by atomic mass is 10.0. The quantitative estimate of drug-likeness (QED) is 0.696. The summed E-state index contributed by atoms with van der Waals surface area (Å²) in [4.78, 5) is 0. The summed E-state index contributed by atoms with van der Waals surface area (Å²) in [5, 5.41) is 3.30. The summed E-state index contributed by atoms with van der Waals surface area (Å²) in [6, 6.07) is 6.46. The zero-order valence-electron chi connectivity index (χ0n) is 12.7. The lowest BCUT2D eigenvalue weighted by Gasteiger charge is -2.13. The number of nitrogens with one attached hydrogen (secondary N) is 1. The third kappa shape index (κ3) is 6.08. The molecule has 0 aliphatic heterocycles. The Bertz CT molecular complexity index is 364. The van der Waals surface area contributed by atoms with E-state index in [1.165, 1.54) is 11.1 Å². The minimum absolute atomic E-state index is 0.535. The largest absolute Gasteiger partial charge is 0.492 e. The van der Waals surface area contributed by atoms with Crippen molar-refractivity contribution < 1.29 is 9.47 Å². The average Bonchev–Trinajstić information content (AvgIpc) is 2.39. The second-order valence-electron chi connectivity index (χ2n) is 4.98. The van der Waals surface area contributed by atoms with Gasteiger partial charge in [-0.1, -0.05) is 26.0 Å². The number of hydrogen-bond acceptors (Lipinski definition) is 3. The fraction of sp³-hybridized carbons (Fsp3) is 0.625. The van der Waals surface area contributed by atoms with Crippen LogP contribution < -0.4 is 10.1 Å². The van der Waals surface area contributed by atoms with Crippen molar-refractivity contribution >= 4 is 0 Å². The summed E-state index contributed by atoms with van der Waals surface area (Å²) < 4.78 is 11.1. The Hall–Kier alpha value is -1.06. The molecule has 0 atom stereocenters. The molecular formula is C16H27NO2. The molecule has 1 aromatic rings. The first-order valence-electron chi connectivity index (χ1n) is 7.17. The Labute approximate surface area is 117 Å². The number of rotatable bonds is 9. The number of aryl methyl sites for hydroxylation is 1. The summed E-state index contributed by atoms with van der Waals surface area (Å²) in [5.41, 5.74) is 2.52. The summed E-state index contributed by atoms with van der Waals surface area (Å²) in [6.45, 7) is 12.4. The van der Waals surface area contributed by atoms with Crippen LogP contribution in [0.5, 0.6) is 5.75 Å². The highest BCUT2D eigenvalue weighted by Crippen LogP contribution is 2.24. The molecule has 0 aromatic heterocycles. The maximum absolute atomic E-state index is 5.83. The van der Waals surface area contributed by atoms with Crippen LogP contribution in [-0.4, -0.2) is 32.9 Å². The van der Waals surface area contributed by atoms with Crippen LogP contribution >= 0.6 is 0 Å². The van der Waals surface area contributed by atoms with Crippen molar-refractivity contribution in [1.82, 2.24) is 5.32 Å². The zero-order chi connectivity index (χ0) is 14.1. The van der Waals surface area contributed by atoms with Gasteiger partial charge in [0.25, 0.3) is 0 Å². The van der Waals surface area contributed by atoms with Crippen molar-refractivity contribution in [2.45, 2.75) is 33.6 Å². The molecule has 0 aliphatic rings. The highest BCUT2D eigenvalue weighted by Gasteiger charge is 2.04. The van der Waals surface area contributed by atoms with Crippen LogP contribution in [0.2, 0.25) is 0 Å². The Morgan fingerprint density at radius 3 is 2.58 bits per heavy atom. The molecule has 0 unspecified atom stereocenters. The van der Waals surface area contributed by atoms with E-state index in [4.69, 9.17) is 9.47 Å². The van der Waals surface area contributed by atoms with Gasteiger partial charge in [-0.3, -0.25) is 0 Å². The molecule has 0 saturated heterocycles. The molecule has 0 radical (unpaired) electrons. The Kier molecular flexibility index (Phi) is 7.53. The second-order valence-corrected chi connectivity index (χ2v) is 4.98. The lowest BCUT2D eigenvalue weighted by molar-refractivity contribution is 0.148. The van der Waals surface area contributed by atoms with Crippen molar-refractivity contribution in [3.63, 3.8) is 0 Å². The summed E-state index contributed by atoms with van der Waals surface area (Å²) in [7, 11) is 0. The van der Waals surface area contributed by atoms with Crippen molar-refractivity contribution in [2.24, 2.45) is 0 Å². The van der Waals surface area contributed by atoms with Gasteiger partial charge in [0.05, 0.1) is 6.61 Å². The van der Waals surface area contributed by atoms with Gasteiger partial charge in [-0.05, 0) is 37.0 Å². The van der Waals surface area contributed by atoms with Gasteiger partial charge in [0.1, 0.15) is 12.4 Å². The van der Waals surface area contributed by atoms with Gasteiger partial charge in [-0.2, -0.15) is 0 Å². The molecular weight excluding hydrogens is 238 g/mol. The molecule has 0 bridgehead atoms. The van der Waals surface area contributed by atoms with E-state index in [2.05, 4.69) is 44.3 Å². The second kappa shape index (κ2) is 8.94. The standard InChI is InChI=1S/C16H27NO2/c1-5-18-10-8-17-9-11-19-16-12-15(13(2)3)7-6-14(16)4/h6-7,12-13,17H,5,8-11H2,1-4H3. The summed E-state index contributed by atoms with van der Waals surface area (Å²) >= 11 is 0. The molecule has 108 valence electrons. The summed E-state index contributed by atoms with van der Waals surface area (Å²) in [6.07, 6.45) is 0. The predicted octanol–water partition coefficient (Wildman–Crippen LogP) is 3.12.